The minimum Gasteiger partial charge on any atom is -0.478 e. The van der Waals surface area contributed by atoms with Crippen LogP contribution in [0.5, 0.6) is 0 Å². The molecule has 1 aliphatic rings. The van der Waals surface area contributed by atoms with Crippen LogP contribution in [-0.4, -0.2) is 70.8 Å². The molecule has 1 heterocycles. The predicted octanol–water partition coefficient (Wildman–Crippen LogP) is 5.05. The summed E-state index contributed by atoms with van der Waals surface area (Å²) in [6, 6.07) is 20.5. The van der Waals surface area contributed by atoms with E-state index in [0.29, 0.717) is 42.1 Å². The molecule has 4 rings (SSSR count). The number of piperidine rings is 1. The summed E-state index contributed by atoms with van der Waals surface area (Å²) < 4.78 is 13.2. The second-order valence-electron chi connectivity index (χ2n) is 10.5. The first-order valence-corrected chi connectivity index (χ1v) is 14.3. The van der Waals surface area contributed by atoms with Gasteiger partial charge in [0, 0.05) is 60.6 Å². The Hall–Kier alpha value is -5.16. The number of carboxylic acid groups (broad SMARTS) is 2. The second-order valence-corrected chi connectivity index (χ2v) is 10.5. The number of anilines is 2. The van der Waals surface area contributed by atoms with E-state index in [1.165, 1.54) is 19.1 Å². The number of halogens is 1. The van der Waals surface area contributed by atoms with Gasteiger partial charge in [-0.3, -0.25) is 14.4 Å². The van der Waals surface area contributed by atoms with E-state index in [1.807, 2.05) is 31.2 Å². The number of likely N-dealkylation sites (tertiary alicyclic amines) is 1. The third-order valence-corrected chi connectivity index (χ3v) is 7.14. The number of aliphatic carboxylic acids is 2. The molecule has 3 aromatic carbocycles. The van der Waals surface area contributed by atoms with Crippen molar-refractivity contribution < 1.29 is 38.6 Å². The van der Waals surface area contributed by atoms with Crippen LogP contribution in [0.2, 0.25) is 0 Å². The molecular weight excluding hydrogens is 581 g/mol. The number of rotatable bonds is 10. The Morgan fingerprint density at radius 1 is 0.844 bits per heavy atom. The molecule has 0 unspecified atom stereocenters. The molecule has 0 radical (unpaired) electrons. The normalized spacial score (nSPS) is 13.4. The van der Waals surface area contributed by atoms with Crippen LogP contribution < -0.4 is 10.2 Å². The van der Waals surface area contributed by atoms with Crippen LogP contribution in [-0.2, 0) is 14.4 Å². The van der Waals surface area contributed by atoms with Gasteiger partial charge in [0.05, 0.1) is 0 Å². The molecule has 45 heavy (non-hydrogen) atoms. The molecule has 3 N–H and O–H groups in total. The van der Waals surface area contributed by atoms with Gasteiger partial charge in [-0.05, 0) is 93.5 Å². The van der Waals surface area contributed by atoms with Crippen LogP contribution in [0.25, 0.3) is 0 Å². The smallest absolute Gasteiger partial charge is 0.328 e. The fourth-order valence-electron chi connectivity index (χ4n) is 4.78. The summed E-state index contributed by atoms with van der Waals surface area (Å²) in [5.41, 5.74) is 3.68. The number of carboxylic acids is 2. The van der Waals surface area contributed by atoms with Gasteiger partial charge in [-0.15, -0.1) is 0 Å². The van der Waals surface area contributed by atoms with Crippen molar-refractivity contribution in [2.24, 2.45) is 5.92 Å². The van der Waals surface area contributed by atoms with Crippen molar-refractivity contribution in [3.8, 4) is 0 Å². The predicted molar refractivity (Wildman–Crippen MR) is 168 cm³/mol. The van der Waals surface area contributed by atoms with Crippen molar-refractivity contribution in [2.75, 3.05) is 36.4 Å². The summed E-state index contributed by atoms with van der Waals surface area (Å²) in [4.78, 5) is 60.8. The summed E-state index contributed by atoms with van der Waals surface area (Å²) in [7, 11) is 0. The molecule has 1 aliphatic heterocycles. The highest BCUT2D eigenvalue weighted by molar-refractivity contribution is 6.06. The Labute approximate surface area is 260 Å². The van der Waals surface area contributed by atoms with Gasteiger partial charge in [-0.2, -0.15) is 0 Å². The zero-order chi connectivity index (χ0) is 32.9. The lowest BCUT2D eigenvalue weighted by Crippen LogP contribution is -2.42. The molecule has 0 bridgehead atoms. The van der Waals surface area contributed by atoms with E-state index in [2.05, 4.69) is 10.2 Å². The maximum absolute atomic E-state index is 13.5. The lowest BCUT2D eigenvalue weighted by molar-refractivity contribution is -0.134. The Morgan fingerprint density at radius 2 is 1.38 bits per heavy atom. The van der Waals surface area contributed by atoms with Crippen molar-refractivity contribution >= 4 is 40.9 Å². The summed E-state index contributed by atoms with van der Waals surface area (Å²) in [6.07, 6.45) is 2.59. The van der Waals surface area contributed by atoms with Crippen LogP contribution in [0.4, 0.5) is 15.8 Å². The summed E-state index contributed by atoms with van der Waals surface area (Å²) in [5.74, 6) is -3.14. The first-order chi connectivity index (χ1) is 21.4. The fraction of sp³-hybridized carbons (Fsp3) is 0.265. The molecule has 236 valence electrons. The molecule has 0 aliphatic carbocycles. The number of hydrogen-bond donors (Lipinski definition) is 3. The van der Waals surface area contributed by atoms with Gasteiger partial charge in [-0.25, -0.2) is 14.0 Å². The van der Waals surface area contributed by atoms with Gasteiger partial charge in [0.1, 0.15) is 5.82 Å². The molecular formula is C34H36FN3O7. The number of benzene rings is 3. The van der Waals surface area contributed by atoms with Gasteiger partial charge in [-0.1, -0.05) is 17.7 Å². The van der Waals surface area contributed by atoms with Crippen molar-refractivity contribution in [2.45, 2.75) is 26.7 Å². The monoisotopic (exact) mass is 617 g/mol. The van der Waals surface area contributed by atoms with E-state index in [-0.39, 0.29) is 29.3 Å². The number of aryl methyl sites for hydroxylation is 1. The van der Waals surface area contributed by atoms with E-state index < -0.39 is 11.9 Å². The summed E-state index contributed by atoms with van der Waals surface area (Å²) in [5, 5.41) is 18.3. The molecule has 0 aromatic heterocycles. The number of nitrogens with zero attached hydrogens (tertiary/aromatic N) is 2. The van der Waals surface area contributed by atoms with E-state index in [0.717, 1.165) is 37.2 Å². The highest BCUT2D eigenvalue weighted by Gasteiger charge is 2.27. The minimum atomic E-state index is -1.26. The highest BCUT2D eigenvalue weighted by atomic mass is 19.1. The standard InChI is InChI=1S/C30H32FN3O3.C4H4O4/c1-21-3-13-28(14-4-21)34(30(37)25-7-11-27(12-8-25)32-22(2)35)20-19-33-17-15-24(16-18-33)29(36)23-5-9-26(31)10-6-23;5-3(6)1-2-4(7)8/h3-14,24H,15-20H2,1-2H3,(H,32,35);1-2H,(H,5,6)(H,7,8). The number of Topliss-reactive ketones (excluding diaryl/α,β-unsaturated/α-hetero) is 1. The van der Waals surface area contributed by atoms with Gasteiger partial charge >= 0.3 is 11.9 Å². The Bertz CT molecular complexity index is 1500. The lowest BCUT2D eigenvalue weighted by atomic mass is 9.89. The van der Waals surface area contributed by atoms with Gasteiger partial charge in [0.25, 0.3) is 5.91 Å². The third-order valence-electron chi connectivity index (χ3n) is 7.14. The maximum Gasteiger partial charge on any atom is 0.328 e. The quantitative estimate of drug-likeness (QED) is 0.212. The van der Waals surface area contributed by atoms with Crippen LogP contribution in [0.15, 0.2) is 84.9 Å². The van der Waals surface area contributed by atoms with Crippen molar-refractivity contribution in [3.63, 3.8) is 0 Å². The van der Waals surface area contributed by atoms with E-state index >= 15 is 0 Å². The minimum absolute atomic E-state index is 0.0684. The van der Waals surface area contributed by atoms with Crippen molar-refractivity contribution in [3.05, 3.63) is 107 Å². The first kappa shape index (κ1) is 34.3. The molecule has 11 heteroatoms. The zero-order valence-electron chi connectivity index (χ0n) is 25.1. The number of hydrogen-bond acceptors (Lipinski definition) is 6. The number of carbonyl (C=O) groups excluding carboxylic acids is 3. The molecule has 3 aromatic rings. The number of ketones is 1. The van der Waals surface area contributed by atoms with Crippen molar-refractivity contribution in [1.29, 1.82) is 0 Å². The van der Waals surface area contributed by atoms with E-state index in [4.69, 9.17) is 10.2 Å². The largest absolute Gasteiger partial charge is 0.478 e. The highest BCUT2D eigenvalue weighted by Crippen LogP contribution is 2.24. The Balaban J connectivity index is 0.000000610. The number of nitrogens with one attached hydrogen (secondary N) is 1. The average Bonchev–Trinajstić information content (AvgIpc) is 3.01. The van der Waals surface area contributed by atoms with Crippen LogP contribution in [0.1, 0.15) is 46.0 Å². The second kappa shape index (κ2) is 16.6. The molecule has 10 nitrogen and oxygen atoms in total. The van der Waals surface area contributed by atoms with E-state index in [9.17, 15) is 28.4 Å². The molecule has 0 saturated carbocycles. The topological polar surface area (TPSA) is 144 Å². The Morgan fingerprint density at radius 3 is 1.89 bits per heavy atom. The molecule has 1 fully saturated rings. The molecule has 0 atom stereocenters. The average molecular weight is 618 g/mol. The van der Waals surface area contributed by atoms with Crippen LogP contribution in [0, 0.1) is 18.7 Å². The maximum atomic E-state index is 13.5. The van der Waals surface area contributed by atoms with Crippen molar-refractivity contribution in [1.82, 2.24) is 4.90 Å². The molecule has 0 spiro atoms. The first-order valence-electron chi connectivity index (χ1n) is 14.3. The zero-order valence-corrected chi connectivity index (χ0v) is 25.1. The number of amides is 2. The Kier molecular flexibility index (Phi) is 12.7. The van der Waals surface area contributed by atoms with Gasteiger partial charge < -0.3 is 25.3 Å². The molecule has 2 amide bonds. The van der Waals surface area contributed by atoms with Crippen LogP contribution in [0.3, 0.4) is 0 Å². The molecule has 1 saturated heterocycles. The SMILES string of the molecule is CC(=O)Nc1ccc(C(=O)N(CCN2CCC(C(=O)c3ccc(F)cc3)CC2)c2ccc(C)cc2)cc1.O=C(O)C=CC(=O)O. The summed E-state index contributed by atoms with van der Waals surface area (Å²) >= 11 is 0. The van der Waals surface area contributed by atoms with Gasteiger partial charge in [0.2, 0.25) is 5.91 Å². The summed E-state index contributed by atoms with van der Waals surface area (Å²) in [6.45, 7) is 6.17. The fourth-order valence-corrected chi connectivity index (χ4v) is 4.78. The van der Waals surface area contributed by atoms with E-state index in [1.54, 1.807) is 41.3 Å². The lowest BCUT2D eigenvalue weighted by Gasteiger charge is -2.33. The number of carbonyl (C=O) groups is 5. The van der Waals surface area contributed by atoms with Gasteiger partial charge in [0.15, 0.2) is 5.78 Å². The van der Waals surface area contributed by atoms with Crippen LogP contribution >= 0.6 is 0 Å². The third kappa shape index (κ3) is 11.1.